The van der Waals surface area contributed by atoms with Crippen molar-refractivity contribution < 1.29 is 9.90 Å². The van der Waals surface area contributed by atoms with Crippen LogP contribution < -0.4 is 0 Å². The summed E-state index contributed by atoms with van der Waals surface area (Å²) in [6, 6.07) is 9.93. The lowest BCUT2D eigenvalue weighted by molar-refractivity contribution is -0.139. The molecule has 1 aromatic carbocycles. The van der Waals surface area contributed by atoms with Crippen molar-refractivity contribution in [2.75, 3.05) is 33.2 Å². The standard InChI is InChI=1S/C15H22N2O2/c1-12-10-16(2)8-9-17(12)11-14(15(18)19)13-6-4-3-5-7-13/h3-7,12,14H,8-11H2,1-2H3,(H,18,19). The Kier molecular flexibility index (Phi) is 4.56. The Morgan fingerprint density at radius 3 is 2.63 bits per heavy atom. The molecule has 1 aromatic rings. The molecule has 2 atom stereocenters. The van der Waals surface area contributed by atoms with E-state index < -0.39 is 11.9 Å². The summed E-state index contributed by atoms with van der Waals surface area (Å²) in [5, 5.41) is 9.46. The number of hydrogen-bond acceptors (Lipinski definition) is 3. The van der Waals surface area contributed by atoms with Gasteiger partial charge >= 0.3 is 5.97 Å². The van der Waals surface area contributed by atoms with Crippen molar-refractivity contribution in [3.63, 3.8) is 0 Å². The monoisotopic (exact) mass is 262 g/mol. The fourth-order valence-corrected chi connectivity index (χ4v) is 2.69. The maximum Gasteiger partial charge on any atom is 0.312 e. The number of piperazine rings is 1. The molecule has 0 bridgehead atoms. The van der Waals surface area contributed by atoms with Gasteiger partial charge in [-0.3, -0.25) is 9.69 Å². The van der Waals surface area contributed by atoms with E-state index in [9.17, 15) is 9.90 Å². The smallest absolute Gasteiger partial charge is 0.312 e. The first-order valence-corrected chi connectivity index (χ1v) is 6.78. The Bertz CT molecular complexity index is 421. The largest absolute Gasteiger partial charge is 0.481 e. The van der Waals surface area contributed by atoms with Crippen LogP contribution in [0.2, 0.25) is 0 Å². The van der Waals surface area contributed by atoms with Crippen LogP contribution in [0.3, 0.4) is 0 Å². The average Bonchev–Trinajstić information content (AvgIpc) is 2.38. The van der Waals surface area contributed by atoms with Crippen molar-refractivity contribution in [3.05, 3.63) is 35.9 Å². The Hall–Kier alpha value is -1.39. The lowest BCUT2D eigenvalue weighted by atomic mass is 9.97. The molecule has 0 aromatic heterocycles. The zero-order chi connectivity index (χ0) is 13.8. The molecular weight excluding hydrogens is 240 g/mol. The van der Waals surface area contributed by atoms with E-state index >= 15 is 0 Å². The van der Waals surface area contributed by atoms with Gasteiger partial charge in [0.1, 0.15) is 0 Å². The second kappa shape index (κ2) is 6.17. The highest BCUT2D eigenvalue weighted by Crippen LogP contribution is 2.20. The molecule has 2 rings (SSSR count). The lowest BCUT2D eigenvalue weighted by Gasteiger charge is -2.39. The second-order valence-electron chi connectivity index (χ2n) is 5.41. The van der Waals surface area contributed by atoms with Gasteiger partial charge in [-0.15, -0.1) is 0 Å². The second-order valence-corrected chi connectivity index (χ2v) is 5.41. The quantitative estimate of drug-likeness (QED) is 0.893. The molecule has 1 aliphatic rings. The molecule has 19 heavy (non-hydrogen) atoms. The third-order valence-electron chi connectivity index (χ3n) is 3.89. The summed E-state index contributed by atoms with van der Waals surface area (Å²) in [7, 11) is 2.11. The van der Waals surface area contributed by atoms with Gasteiger partial charge in [0.25, 0.3) is 0 Å². The van der Waals surface area contributed by atoms with Crippen LogP contribution in [0, 0.1) is 0 Å². The zero-order valence-electron chi connectivity index (χ0n) is 11.6. The van der Waals surface area contributed by atoms with E-state index in [1.165, 1.54) is 0 Å². The third-order valence-corrected chi connectivity index (χ3v) is 3.89. The zero-order valence-corrected chi connectivity index (χ0v) is 11.6. The fraction of sp³-hybridized carbons (Fsp3) is 0.533. The van der Waals surface area contributed by atoms with Gasteiger partial charge in [-0.2, -0.15) is 0 Å². The molecule has 1 aliphatic heterocycles. The maximum atomic E-state index is 11.5. The van der Waals surface area contributed by atoms with Gasteiger partial charge in [-0.1, -0.05) is 30.3 Å². The van der Waals surface area contributed by atoms with Gasteiger partial charge in [-0.05, 0) is 19.5 Å². The van der Waals surface area contributed by atoms with Gasteiger partial charge in [0.15, 0.2) is 0 Å². The van der Waals surface area contributed by atoms with Crippen molar-refractivity contribution in [1.82, 2.24) is 9.80 Å². The Balaban J connectivity index is 2.07. The van der Waals surface area contributed by atoms with Gasteiger partial charge in [0.05, 0.1) is 5.92 Å². The Morgan fingerprint density at radius 2 is 2.05 bits per heavy atom. The van der Waals surface area contributed by atoms with Crippen LogP contribution in [-0.4, -0.2) is 60.1 Å². The SMILES string of the molecule is CC1CN(C)CCN1CC(C(=O)O)c1ccccc1. The highest BCUT2D eigenvalue weighted by Gasteiger charge is 2.28. The first-order chi connectivity index (χ1) is 9.08. The summed E-state index contributed by atoms with van der Waals surface area (Å²) in [5.41, 5.74) is 0.890. The summed E-state index contributed by atoms with van der Waals surface area (Å²) >= 11 is 0. The van der Waals surface area contributed by atoms with Crippen LogP contribution in [0.15, 0.2) is 30.3 Å². The number of carbonyl (C=O) groups is 1. The molecule has 4 heteroatoms. The first kappa shape index (κ1) is 14.0. The number of nitrogens with zero attached hydrogens (tertiary/aromatic N) is 2. The van der Waals surface area contributed by atoms with Crippen molar-refractivity contribution in [1.29, 1.82) is 0 Å². The lowest BCUT2D eigenvalue weighted by Crippen LogP contribution is -2.51. The van der Waals surface area contributed by atoms with Crippen molar-refractivity contribution in [2.24, 2.45) is 0 Å². The number of carboxylic acid groups (broad SMARTS) is 1. The molecule has 1 saturated heterocycles. The predicted octanol–water partition coefficient (Wildman–Crippen LogP) is 1.49. The normalized spacial score (nSPS) is 23.2. The molecule has 4 nitrogen and oxygen atoms in total. The molecule has 1 N–H and O–H groups in total. The van der Waals surface area contributed by atoms with Crippen LogP contribution in [0.5, 0.6) is 0 Å². The summed E-state index contributed by atoms with van der Waals surface area (Å²) in [6.45, 7) is 5.70. The number of aliphatic carboxylic acids is 1. The molecule has 0 spiro atoms. The van der Waals surface area contributed by atoms with E-state index in [0.717, 1.165) is 25.2 Å². The average molecular weight is 262 g/mol. The maximum absolute atomic E-state index is 11.5. The molecule has 1 heterocycles. The molecular formula is C15H22N2O2. The van der Waals surface area contributed by atoms with Gasteiger partial charge < -0.3 is 10.0 Å². The number of carboxylic acids is 1. The molecule has 2 unspecified atom stereocenters. The summed E-state index contributed by atoms with van der Waals surface area (Å²) in [5.74, 6) is -1.18. The van der Waals surface area contributed by atoms with Gasteiger partial charge in [0, 0.05) is 32.2 Å². The molecule has 104 valence electrons. The fourth-order valence-electron chi connectivity index (χ4n) is 2.69. The minimum atomic E-state index is -0.739. The minimum Gasteiger partial charge on any atom is -0.481 e. The van der Waals surface area contributed by atoms with Gasteiger partial charge in [0.2, 0.25) is 0 Å². The van der Waals surface area contributed by atoms with Crippen LogP contribution >= 0.6 is 0 Å². The highest BCUT2D eigenvalue weighted by atomic mass is 16.4. The number of likely N-dealkylation sites (N-methyl/N-ethyl adjacent to an activating group) is 1. The van der Waals surface area contributed by atoms with Crippen LogP contribution in [0.4, 0.5) is 0 Å². The van der Waals surface area contributed by atoms with Crippen LogP contribution in [0.1, 0.15) is 18.4 Å². The topological polar surface area (TPSA) is 43.8 Å². The molecule has 0 saturated carbocycles. The van der Waals surface area contributed by atoms with E-state index in [4.69, 9.17) is 0 Å². The van der Waals surface area contributed by atoms with Crippen molar-refractivity contribution in [3.8, 4) is 0 Å². The van der Waals surface area contributed by atoms with E-state index in [1.54, 1.807) is 0 Å². The molecule has 0 amide bonds. The molecule has 0 aliphatic carbocycles. The predicted molar refractivity (Wildman–Crippen MR) is 75.4 cm³/mol. The Labute approximate surface area is 114 Å². The van der Waals surface area contributed by atoms with E-state index in [0.29, 0.717) is 12.6 Å². The number of hydrogen-bond donors (Lipinski definition) is 1. The first-order valence-electron chi connectivity index (χ1n) is 6.78. The number of benzene rings is 1. The van der Waals surface area contributed by atoms with E-state index in [1.807, 2.05) is 30.3 Å². The molecule has 1 fully saturated rings. The van der Waals surface area contributed by atoms with Crippen LogP contribution in [-0.2, 0) is 4.79 Å². The summed E-state index contributed by atoms with van der Waals surface area (Å²) in [4.78, 5) is 16.1. The van der Waals surface area contributed by atoms with Crippen LogP contribution in [0.25, 0.3) is 0 Å². The Morgan fingerprint density at radius 1 is 1.37 bits per heavy atom. The van der Waals surface area contributed by atoms with E-state index in [2.05, 4.69) is 23.8 Å². The third kappa shape index (κ3) is 3.55. The highest BCUT2D eigenvalue weighted by molar-refractivity contribution is 5.76. The summed E-state index contributed by atoms with van der Waals surface area (Å²) < 4.78 is 0. The van der Waals surface area contributed by atoms with Crippen molar-refractivity contribution in [2.45, 2.75) is 18.9 Å². The summed E-state index contributed by atoms with van der Waals surface area (Å²) in [6.07, 6.45) is 0. The van der Waals surface area contributed by atoms with Gasteiger partial charge in [-0.25, -0.2) is 0 Å². The minimum absolute atomic E-state index is 0.407. The molecule has 0 radical (unpaired) electrons. The van der Waals surface area contributed by atoms with E-state index in [-0.39, 0.29) is 0 Å². The van der Waals surface area contributed by atoms with Crippen molar-refractivity contribution >= 4 is 5.97 Å². The number of rotatable bonds is 4.